The van der Waals surface area contributed by atoms with Crippen molar-refractivity contribution in [1.29, 1.82) is 0 Å². The molecule has 5 nitrogen and oxygen atoms in total. The first-order valence-corrected chi connectivity index (χ1v) is 7.24. The molecule has 0 saturated carbocycles. The summed E-state index contributed by atoms with van der Waals surface area (Å²) < 4.78 is 0. The van der Waals surface area contributed by atoms with Crippen molar-refractivity contribution in [3.05, 3.63) is 0 Å². The van der Waals surface area contributed by atoms with E-state index in [4.69, 9.17) is 0 Å². The largest absolute Gasteiger partial charge is 0.387 e. The van der Waals surface area contributed by atoms with E-state index in [9.17, 15) is 9.90 Å². The summed E-state index contributed by atoms with van der Waals surface area (Å²) in [5, 5.41) is 10.5. The Morgan fingerprint density at radius 2 is 2.16 bits per heavy atom. The molecule has 0 radical (unpaired) electrons. The number of likely N-dealkylation sites (N-methyl/N-ethyl adjacent to an activating group) is 1. The molecule has 0 spiro atoms. The minimum atomic E-state index is -0.722. The lowest BCUT2D eigenvalue weighted by Crippen LogP contribution is -2.46. The molecule has 19 heavy (non-hydrogen) atoms. The van der Waals surface area contributed by atoms with E-state index in [-0.39, 0.29) is 11.8 Å². The average Bonchev–Trinajstić information content (AvgIpc) is 2.69. The Balaban J connectivity index is 1.91. The third kappa shape index (κ3) is 3.68. The molecule has 1 N–H and O–H groups in total. The van der Waals surface area contributed by atoms with Gasteiger partial charge in [-0.1, -0.05) is 0 Å². The van der Waals surface area contributed by atoms with Crippen molar-refractivity contribution in [2.24, 2.45) is 5.92 Å². The van der Waals surface area contributed by atoms with Crippen LogP contribution in [0.5, 0.6) is 0 Å². The molecular formula is C14H27N3O2. The van der Waals surface area contributed by atoms with Gasteiger partial charge in [0.15, 0.2) is 0 Å². The number of amides is 1. The Hall–Kier alpha value is -0.650. The van der Waals surface area contributed by atoms with Crippen molar-refractivity contribution in [1.82, 2.24) is 14.7 Å². The van der Waals surface area contributed by atoms with Gasteiger partial charge < -0.3 is 19.8 Å². The number of hydrogen-bond donors (Lipinski definition) is 1. The summed E-state index contributed by atoms with van der Waals surface area (Å²) in [6.45, 7) is 3.77. The standard InChI is InChI=1S/C14H27N3O2/c1-15(2)10-14(19)6-8-17(11-14)13(18)12-5-4-7-16(3)9-12/h12,19H,4-11H2,1-3H3/t12-,14-/m1/s1. The van der Waals surface area contributed by atoms with Gasteiger partial charge in [-0.05, 0) is 47.0 Å². The van der Waals surface area contributed by atoms with Crippen LogP contribution >= 0.6 is 0 Å². The van der Waals surface area contributed by atoms with Crippen molar-refractivity contribution in [3.63, 3.8) is 0 Å². The fourth-order valence-corrected chi connectivity index (χ4v) is 3.39. The fourth-order valence-electron chi connectivity index (χ4n) is 3.39. The second-order valence-corrected chi connectivity index (χ2v) is 6.57. The summed E-state index contributed by atoms with van der Waals surface area (Å²) in [5.41, 5.74) is -0.722. The number of hydrogen-bond acceptors (Lipinski definition) is 4. The first-order valence-electron chi connectivity index (χ1n) is 7.24. The van der Waals surface area contributed by atoms with Crippen LogP contribution in [0.15, 0.2) is 0 Å². The van der Waals surface area contributed by atoms with Crippen LogP contribution in [0, 0.1) is 5.92 Å². The van der Waals surface area contributed by atoms with Crippen molar-refractivity contribution < 1.29 is 9.90 Å². The minimum Gasteiger partial charge on any atom is -0.387 e. The van der Waals surface area contributed by atoms with Crippen LogP contribution in [0.2, 0.25) is 0 Å². The van der Waals surface area contributed by atoms with E-state index in [1.54, 1.807) is 0 Å². The van der Waals surface area contributed by atoms with Crippen LogP contribution in [0.3, 0.4) is 0 Å². The highest BCUT2D eigenvalue weighted by Crippen LogP contribution is 2.25. The Labute approximate surface area is 116 Å². The number of nitrogens with zero attached hydrogens (tertiary/aromatic N) is 3. The Morgan fingerprint density at radius 1 is 1.42 bits per heavy atom. The molecular weight excluding hydrogens is 242 g/mol. The number of carbonyl (C=O) groups is 1. The van der Waals surface area contributed by atoms with Gasteiger partial charge in [-0.15, -0.1) is 0 Å². The Kier molecular flexibility index (Phi) is 4.48. The van der Waals surface area contributed by atoms with Gasteiger partial charge in [0.05, 0.1) is 18.1 Å². The number of aliphatic hydroxyl groups is 1. The molecule has 2 saturated heterocycles. The highest BCUT2D eigenvalue weighted by atomic mass is 16.3. The SMILES string of the molecule is CN(C)C[C@]1(O)CCN(C(=O)[C@@H]2CCCN(C)C2)C1. The Bertz CT molecular complexity index is 335. The zero-order valence-electron chi connectivity index (χ0n) is 12.4. The first kappa shape index (κ1) is 14.8. The summed E-state index contributed by atoms with van der Waals surface area (Å²) in [7, 11) is 5.99. The average molecular weight is 269 g/mol. The second-order valence-electron chi connectivity index (χ2n) is 6.57. The van der Waals surface area contributed by atoms with E-state index in [1.807, 2.05) is 23.9 Å². The topological polar surface area (TPSA) is 47.0 Å². The minimum absolute atomic E-state index is 0.125. The maximum absolute atomic E-state index is 12.5. The molecule has 110 valence electrons. The highest BCUT2D eigenvalue weighted by Gasteiger charge is 2.40. The van der Waals surface area contributed by atoms with Gasteiger partial charge in [0.2, 0.25) is 5.91 Å². The van der Waals surface area contributed by atoms with E-state index in [1.165, 1.54) is 0 Å². The van der Waals surface area contributed by atoms with Gasteiger partial charge >= 0.3 is 0 Å². The van der Waals surface area contributed by atoms with Crippen molar-refractivity contribution in [3.8, 4) is 0 Å². The van der Waals surface area contributed by atoms with Crippen molar-refractivity contribution in [2.45, 2.75) is 24.9 Å². The quantitative estimate of drug-likeness (QED) is 0.774. The molecule has 2 fully saturated rings. The number of piperidine rings is 1. The lowest BCUT2D eigenvalue weighted by atomic mass is 9.97. The molecule has 0 aromatic carbocycles. The maximum atomic E-state index is 12.5. The van der Waals surface area contributed by atoms with Crippen LogP contribution in [-0.2, 0) is 4.79 Å². The smallest absolute Gasteiger partial charge is 0.227 e. The lowest BCUT2D eigenvalue weighted by Gasteiger charge is -2.32. The molecule has 2 aliphatic heterocycles. The molecule has 0 bridgehead atoms. The summed E-state index contributed by atoms with van der Waals surface area (Å²) in [6, 6.07) is 0. The summed E-state index contributed by atoms with van der Waals surface area (Å²) in [4.78, 5) is 18.6. The zero-order valence-corrected chi connectivity index (χ0v) is 12.4. The van der Waals surface area contributed by atoms with Gasteiger partial charge in [-0.25, -0.2) is 0 Å². The number of carbonyl (C=O) groups excluding carboxylic acids is 1. The summed E-state index contributed by atoms with van der Waals surface area (Å²) >= 11 is 0. The maximum Gasteiger partial charge on any atom is 0.227 e. The number of likely N-dealkylation sites (tertiary alicyclic amines) is 2. The zero-order chi connectivity index (χ0) is 14.0. The van der Waals surface area contributed by atoms with Gasteiger partial charge in [0, 0.05) is 19.6 Å². The van der Waals surface area contributed by atoms with Gasteiger partial charge in [-0.3, -0.25) is 4.79 Å². The molecule has 5 heteroatoms. The van der Waals surface area contributed by atoms with Crippen LogP contribution in [0.4, 0.5) is 0 Å². The molecule has 0 aromatic heterocycles. The molecule has 0 aromatic rings. The second kappa shape index (κ2) is 5.77. The van der Waals surface area contributed by atoms with Crippen LogP contribution < -0.4 is 0 Å². The monoisotopic (exact) mass is 269 g/mol. The van der Waals surface area contributed by atoms with E-state index in [0.29, 0.717) is 26.1 Å². The van der Waals surface area contributed by atoms with Crippen molar-refractivity contribution >= 4 is 5.91 Å². The molecule has 0 unspecified atom stereocenters. The van der Waals surface area contributed by atoms with Crippen LogP contribution in [-0.4, -0.2) is 85.2 Å². The van der Waals surface area contributed by atoms with Crippen molar-refractivity contribution in [2.75, 3.05) is 53.9 Å². The molecule has 2 heterocycles. The van der Waals surface area contributed by atoms with Crippen LogP contribution in [0.25, 0.3) is 0 Å². The predicted molar refractivity (Wildman–Crippen MR) is 74.9 cm³/mol. The highest BCUT2D eigenvalue weighted by molar-refractivity contribution is 5.79. The molecule has 2 aliphatic rings. The Morgan fingerprint density at radius 3 is 2.79 bits per heavy atom. The number of rotatable bonds is 3. The third-order valence-electron chi connectivity index (χ3n) is 4.23. The van der Waals surface area contributed by atoms with Gasteiger partial charge in [-0.2, -0.15) is 0 Å². The summed E-state index contributed by atoms with van der Waals surface area (Å²) in [6.07, 6.45) is 2.79. The molecule has 2 rings (SSSR count). The third-order valence-corrected chi connectivity index (χ3v) is 4.23. The molecule has 2 atom stereocenters. The van der Waals surface area contributed by atoms with E-state index < -0.39 is 5.60 Å². The number of β-amino-alcohol motifs (C(OH)–C–C–N with tert-alkyl or cyclic N) is 1. The van der Waals surface area contributed by atoms with Gasteiger partial charge in [0.1, 0.15) is 0 Å². The lowest BCUT2D eigenvalue weighted by molar-refractivity contribution is -0.137. The van der Waals surface area contributed by atoms with E-state index >= 15 is 0 Å². The molecule has 0 aliphatic carbocycles. The van der Waals surface area contributed by atoms with E-state index in [0.717, 1.165) is 25.9 Å². The van der Waals surface area contributed by atoms with E-state index in [2.05, 4.69) is 11.9 Å². The normalized spacial score (nSPS) is 33.1. The fraction of sp³-hybridized carbons (Fsp3) is 0.929. The summed E-state index contributed by atoms with van der Waals surface area (Å²) in [5.74, 6) is 0.363. The molecule has 1 amide bonds. The van der Waals surface area contributed by atoms with Crippen LogP contribution in [0.1, 0.15) is 19.3 Å². The van der Waals surface area contributed by atoms with Gasteiger partial charge in [0.25, 0.3) is 0 Å². The predicted octanol–water partition coefficient (Wildman–Crippen LogP) is -0.147. The first-order chi connectivity index (χ1) is 8.89.